The van der Waals surface area contributed by atoms with E-state index in [1.54, 1.807) is 36.4 Å². The second-order valence-corrected chi connectivity index (χ2v) is 8.18. The number of hydrogen-bond acceptors (Lipinski definition) is 5. The van der Waals surface area contributed by atoms with Gasteiger partial charge in [-0.15, -0.1) is 0 Å². The van der Waals surface area contributed by atoms with E-state index in [2.05, 4.69) is 15.6 Å². The number of aromatic nitrogens is 1. The molecule has 0 aliphatic heterocycles. The summed E-state index contributed by atoms with van der Waals surface area (Å²) < 4.78 is 0. The van der Waals surface area contributed by atoms with Crippen molar-refractivity contribution >= 4 is 45.0 Å². The van der Waals surface area contributed by atoms with Gasteiger partial charge in [-0.05, 0) is 64.6 Å². The third kappa shape index (κ3) is 5.90. The first-order chi connectivity index (χ1) is 14.7. The van der Waals surface area contributed by atoms with Crippen molar-refractivity contribution < 1.29 is 9.59 Å². The Morgan fingerprint density at radius 3 is 1.58 bits per heavy atom. The Hall–Kier alpha value is -3.23. The SMILES string of the molecule is CN(C)CCC(=O)Nc1ccc2c(=O)c3ccc(NC(=O)CCN(C)C)cc3[nH]c2c1. The lowest BCUT2D eigenvalue weighted by molar-refractivity contribution is -0.117. The van der Waals surface area contributed by atoms with Crippen LogP contribution in [0.1, 0.15) is 12.8 Å². The van der Waals surface area contributed by atoms with Crippen molar-refractivity contribution in [3.05, 3.63) is 46.6 Å². The van der Waals surface area contributed by atoms with E-state index >= 15 is 0 Å². The van der Waals surface area contributed by atoms with Crippen LogP contribution < -0.4 is 16.1 Å². The number of anilines is 2. The zero-order chi connectivity index (χ0) is 22.5. The number of nitrogens with one attached hydrogen (secondary N) is 3. The van der Waals surface area contributed by atoms with Crippen LogP contribution in [-0.4, -0.2) is 67.9 Å². The molecule has 0 aliphatic rings. The quantitative estimate of drug-likeness (QED) is 0.484. The highest BCUT2D eigenvalue weighted by Crippen LogP contribution is 2.21. The number of H-pyrrole nitrogens is 1. The lowest BCUT2D eigenvalue weighted by Gasteiger charge is -2.11. The van der Waals surface area contributed by atoms with E-state index in [9.17, 15) is 14.4 Å². The Morgan fingerprint density at radius 1 is 0.774 bits per heavy atom. The maximum Gasteiger partial charge on any atom is 0.225 e. The Labute approximate surface area is 181 Å². The Bertz CT molecular complexity index is 1080. The van der Waals surface area contributed by atoms with Gasteiger partial charge in [-0.1, -0.05) is 0 Å². The molecule has 0 bridgehead atoms. The number of pyridine rings is 1. The number of carbonyl (C=O) groups is 2. The van der Waals surface area contributed by atoms with Gasteiger partial charge in [-0.2, -0.15) is 0 Å². The Balaban J connectivity index is 1.86. The van der Waals surface area contributed by atoms with Crippen LogP contribution >= 0.6 is 0 Å². The molecule has 8 heteroatoms. The van der Waals surface area contributed by atoms with Crippen molar-refractivity contribution in [1.29, 1.82) is 0 Å². The fourth-order valence-corrected chi connectivity index (χ4v) is 3.23. The zero-order valence-corrected chi connectivity index (χ0v) is 18.4. The van der Waals surface area contributed by atoms with Gasteiger partial charge < -0.3 is 25.4 Å². The van der Waals surface area contributed by atoms with E-state index in [0.717, 1.165) is 0 Å². The standard InChI is InChI=1S/C23H29N5O3/c1-27(2)11-9-21(29)24-15-5-7-17-19(13-15)26-20-14-16(6-8-18(20)23(17)31)25-22(30)10-12-28(3)4/h5-8,13-14H,9-12H2,1-4H3,(H,24,29)(H,25,30)(H,26,31). The number of aromatic amines is 1. The summed E-state index contributed by atoms with van der Waals surface area (Å²) >= 11 is 0. The van der Waals surface area contributed by atoms with E-state index in [1.807, 2.05) is 38.0 Å². The summed E-state index contributed by atoms with van der Waals surface area (Å²) in [6, 6.07) is 10.4. The number of hydrogen-bond donors (Lipinski definition) is 3. The average Bonchev–Trinajstić information content (AvgIpc) is 2.70. The maximum atomic E-state index is 12.9. The zero-order valence-electron chi connectivity index (χ0n) is 18.4. The summed E-state index contributed by atoms with van der Waals surface area (Å²) in [5.74, 6) is -0.169. The van der Waals surface area contributed by atoms with E-state index in [4.69, 9.17) is 0 Å². The summed E-state index contributed by atoms with van der Waals surface area (Å²) in [4.78, 5) is 44.3. The van der Waals surface area contributed by atoms with Gasteiger partial charge in [-0.25, -0.2) is 0 Å². The van der Waals surface area contributed by atoms with Gasteiger partial charge in [0.25, 0.3) is 0 Å². The minimum Gasteiger partial charge on any atom is -0.354 e. The van der Waals surface area contributed by atoms with Crippen LogP contribution in [0, 0.1) is 0 Å². The summed E-state index contributed by atoms with van der Waals surface area (Å²) in [5.41, 5.74) is 2.40. The summed E-state index contributed by atoms with van der Waals surface area (Å²) in [7, 11) is 7.66. The molecule has 8 nitrogen and oxygen atoms in total. The molecule has 3 rings (SSSR count). The normalized spacial score (nSPS) is 11.4. The van der Waals surface area contributed by atoms with Crippen molar-refractivity contribution in [2.24, 2.45) is 0 Å². The topological polar surface area (TPSA) is 97.5 Å². The molecule has 0 radical (unpaired) electrons. The fraction of sp³-hybridized carbons (Fsp3) is 0.348. The molecule has 3 N–H and O–H groups in total. The molecule has 31 heavy (non-hydrogen) atoms. The predicted molar refractivity (Wildman–Crippen MR) is 126 cm³/mol. The van der Waals surface area contributed by atoms with Crippen molar-refractivity contribution in [1.82, 2.24) is 14.8 Å². The van der Waals surface area contributed by atoms with Crippen molar-refractivity contribution in [3.8, 4) is 0 Å². The molecule has 0 fully saturated rings. The van der Waals surface area contributed by atoms with Crippen LogP contribution in [0.15, 0.2) is 41.2 Å². The van der Waals surface area contributed by atoms with E-state index in [1.165, 1.54) is 0 Å². The van der Waals surface area contributed by atoms with Crippen molar-refractivity contribution in [2.75, 3.05) is 51.9 Å². The second kappa shape index (κ2) is 9.72. The van der Waals surface area contributed by atoms with Crippen molar-refractivity contribution in [3.63, 3.8) is 0 Å². The van der Waals surface area contributed by atoms with Crippen LogP contribution in [0.2, 0.25) is 0 Å². The second-order valence-electron chi connectivity index (χ2n) is 8.18. The largest absolute Gasteiger partial charge is 0.354 e. The predicted octanol–water partition coefficient (Wildman–Crippen LogP) is 2.46. The molecule has 1 aromatic heterocycles. The number of amides is 2. The highest BCUT2D eigenvalue weighted by atomic mass is 16.2. The Morgan fingerprint density at radius 2 is 1.19 bits per heavy atom. The third-order valence-electron chi connectivity index (χ3n) is 4.94. The van der Waals surface area contributed by atoms with Crippen LogP contribution in [0.5, 0.6) is 0 Å². The van der Waals surface area contributed by atoms with Gasteiger partial charge in [0.15, 0.2) is 5.43 Å². The molecule has 0 unspecified atom stereocenters. The molecule has 164 valence electrons. The van der Waals surface area contributed by atoms with Gasteiger partial charge >= 0.3 is 0 Å². The van der Waals surface area contributed by atoms with E-state index in [0.29, 0.717) is 59.1 Å². The third-order valence-corrected chi connectivity index (χ3v) is 4.94. The van der Waals surface area contributed by atoms with E-state index in [-0.39, 0.29) is 17.2 Å². The first kappa shape index (κ1) is 22.5. The molecule has 3 aromatic rings. The van der Waals surface area contributed by atoms with Crippen LogP contribution in [-0.2, 0) is 9.59 Å². The molecule has 0 atom stereocenters. The van der Waals surface area contributed by atoms with Crippen LogP contribution in [0.25, 0.3) is 21.8 Å². The maximum absolute atomic E-state index is 12.9. The molecule has 0 saturated heterocycles. The summed E-state index contributed by atoms with van der Waals surface area (Å²) in [6.45, 7) is 1.31. The van der Waals surface area contributed by atoms with Crippen LogP contribution in [0.4, 0.5) is 11.4 Å². The van der Waals surface area contributed by atoms with Gasteiger partial charge in [0.05, 0.1) is 11.0 Å². The number of carbonyl (C=O) groups excluding carboxylic acids is 2. The molecule has 1 heterocycles. The Kier molecular flexibility index (Phi) is 7.04. The van der Waals surface area contributed by atoms with Crippen molar-refractivity contribution in [2.45, 2.75) is 12.8 Å². The monoisotopic (exact) mass is 423 g/mol. The highest BCUT2D eigenvalue weighted by Gasteiger charge is 2.10. The lowest BCUT2D eigenvalue weighted by atomic mass is 10.1. The van der Waals surface area contributed by atoms with Gasteiger partial charge in [-0.3, -0.25) is 14.4 Å². The number of rotatable bonds is 8. The summed E-state index contributed by atoms with van der Waals surface area (Å²) in [6.07, 6.45) is 0.770. The number of fused-ring (bicyclic) bond motifs is 2. The van der Waals surface area contributed by atoms with Gasteiger partial charge in [0.1, 0.15) is 0 Å². The minimum atomic E-state index is -0.0975. The smallest absolute Gasteiger partial charge is 0.225 e. The fourth-order valence-electron chi connectivity index (χ4n) is 3.23. The molecule has 0 aliphatic carbocycles. The molecule has 0 spiro atoms. The average molecular weight is 424 g/mol. The molecular weight excluding hydrogens is 394 g/mol. The lowest BCUT2D eigenvalue weighted by Crippen LogP contribution is -2.21. The van der Waals surface area contributed by atoms with E-state index < -0.39 is 0 Å². The highest BCUT2D eigenvalue weighted by molar-refractivity contribution is 5.99. The van der Waals surface area contributed by atoms with Gasteiger partial charge in [0, 0.05) is 48.1 Å². The number of benzene rings is 2. The minimum absolute atomic E-state index is 0.0843. The molecule has 2 aromatic carbocycles. The first-order valence-corrected chi connectivity index (χ1v) is 10.2. The molecule has 0 saturated carbocycles. The first-order valence-electron chi connectivity index (χ1n) is 10.2. The van der Waals surface area contributed by atoms with Crippen LogP contribution in [0.3, 0.4) is 0 Å². The van der Waals surface area contributed by atoms with Gasteiger partial charge in [0.2, 0.25) is 11.8 Å². The molecular formula is C23H29N5O3. The molecule has 2 amide bonds. The number of nitrogens with zero attached hydrogens (tertiary/aromatic N) is 2. The summed E-state index contributed by atoms with van der Waals surface area (Å²) in [5, 5.41) is 6.82.